The average Bonchev–Trinajstić information content (AvgIpc) is 3.02. The smallest absolute Gasteiger partial charge is 0.264 e. The Hall–Kier alpha value is -1.40. The van der Waals surface area contributed by atoms with Crippen LogP contribution < -0.4 is 0 Å². The summed E-state index contributed by atoms with van der Waals surface area (Å²) in [7, 11) is 1.91. The standard InChI is InChI=1S/C15H21N3O2S/c1-10-12-9-13(21-15(12)17(2)16-10)14(20)18-7-4-3-5-11(18)6-8-19/h9,11,19H,3-8H2,1-2H3. The molecule has 1 atom stereocenters. The number of nitrogens with zero attached hydrogens (tertiary/aromatic N) is 3. The van der Waals surface area contributed by atoms with E-state index >= 15 is 0 Å². The number of amides is 1. The predicted octanol–water partition coefficient (Wildman–Crippen LogP) is 2.32. The van der Waals surface area contributed by atoms with Crippen molar-refractivity contribution < 1.29 is 9.90 Å². The minimum absolute atomic E-state index is 0.105. The van der Waals surface area contributed by atoms with E-state index < -0.39 is 0 Å². The maximum atomic E-state index is 12.8. The third-order valence-electron chi connectivity index (χ3n) is 4.26. The number of aromatic nitrogens is 2. The van der Waals surface area contributed by atoms with E-state index in [0.29, 0.717) is 6.42 Å². The van der Waals surface area contributed by atoms with Gasteiger partial charge >= 0.3 is 0 Å². The minimum Gasteiger partial charge on any atom is -0.396 e. The molecule has 2 aromatic rings. The second-order valence-corrected chi connectivity index (χ2v) is 6.73. The molecular weight excluding hydrogens is 286 g/mol. The van der Waals surface area contributed by atoms with Crippen LogP contribution in [0.15, 0.2) is 6.07 Å². The number of carbonyl (C=O) groups excluding carboxylic acids is 1. The fraction of sp³-hybridized carbons (Fsp3) is 0.600. The summed E-state index contributed by atoms with van der Waals surface area (Å²) >= 11 is 1.51. The monoisotopic (exact) mass is 307 g/mol. The van der Waals surface area contributed by atoms with Gasteiger partial charge in [-0.1, -0.05) is 0 Å². The summed E-state index contributed by atoms with van der Waals surface area (Å²) in [4.78, 5) is 16.6. The first-order valence-corrected chi connectivity index (χ1v) is 8.28. The van der Waals surface area contributed by atoms with Crippen molar-refractivity contribution in [2.45, 2.75) is 38.6 Å². The second-order valence-electron chi connectivity index (χ2n) is 5.70. The zero-order valence-corrected chi connectivity index (χ0v) is 13.3. The number of aliphatic hydroxyl groups is 1. The summed E-state index contributed by atoms with van der Waals surface area (Å²) < 4.78 is 1.84. The lowest BCUT2D eigenvalue weighted by atomic mass is 9.99. The summed E-state index contributed by atoms with van der Waals surface area (Å²) in [5, 5.41) is 14.6. The van der Waals surface area contributed by atoms with Crippen molar-refractivity contribution in [2.24, 2.45) is 7.05 Å². The Kier molecular flexibility index (Phi) is 3.99. The van der Waals surface area contributed by atoms with Crippen LogP contribution in [0.4, 0.5) is 0 Å². The Balaban J connectivity index is 1.89. The summed E-state index contributed by atoms with van der Waals surface area (Å²) in [6, 6.07) is 2.15. The predicted molar refractivity (Wildman–Crippen MR) is 83.7 cm³/mol. The molecule has 1 aliphatic rings. The van der Waals surface area contributed by atoms with E-state index in [-0.39, 0.29) is 18.6 Å². The van der Waals surface area contributed by atoms with E-state index in [1.54, 1.807) is 0 Å². The van der Waals surface area contributed by atoms with Crippen LogP contribution in [-0.2, 0) is 7.05 Å². The van der Waals surface area contributed by atoms with Gasteiger partial charge in [0.25, 0.3) is 5.91 Å². The molecule has 5 nitrogen and oxygen atoms in total. The Morgan fingerprint density at radius 1 is 1.52 bits per heavy atom. The highest BCUT2D eigenvalue weighted by Crippen LogP contribution is 2.30. The first kappa shape index (κ1) is 14.5. The molecule has 1 N–H and O–H groups in total. The maximum absolute atomic E-state index is 12.8. The van der Waals surface area contributed by atoms with Gasteiger partial charge in [-0.15, -0.1) is 11.3 Å². The fourth-order valence-electron chi connectivity index (χ4n) is 3.17. The van der Waals surface area contributed by atoms with Crippen LogP contribution >= 0.6 is 11.3 Å². The van der Waals surface area contributed by atoms with Crippen molar-refractivity contribution in [2.75, 3.05) is 13.2 Å². The molecule has 1 amide bonds. The zero-order chi connectivity index (χ0) is 15.0. The Morgan fingerprint density at radius 3 is 3.05 bits per heavy atom. The maximum Gasteiger partial charge on any atom is 0.264 e. The highest BCUT2D eigenvalue weighted by Gasteiger charge is 2.28. The van der Waals surface area contributed by atoms with Gasteiger partial charge in [0.15, 0.2) is 0 Å². The Bertz CT molecular complexity index is 625. The van der Waals surface area contributed by atoms with Crippen LogP contribution in [0.1, 0.15) is 41.0 Å². The Morgan fingerprint density at radius 2 is 2.33 bits per heavy atom. The lowest BCUT2D eigenvalue weighted by Crippen LogP contribution is -2.43. The van der Waals surface area contributed by atoms with Crippen molar-refractivity contribution in [1.29, 1.82) is 0 Å². The lowest BCUT2D eigenvalue weighted by molar-refractivity contribution is 0.0579. The fourth-order valence-corrected chi connectivity index (χ4v) is 4.25. The number of rotatable bonds is 3. The molecule has 0 saturated carbocycles. The van der Waals surface area contributed by atoms with Gasteiger partial charge in [-0.05, 0) is 38.7 Å². The second kappa shape index (κ2) is 5.77. The molecule has 1 fully saturated rings. The first-order valence-electron chi connectivity index (χ1n) is 7.46. The number of hydrogen-bond donors (Lipinski definition) is 1. The number of likely N-dealkylation sites (tertiary alicyclic amines) is 1. The highest BCUT2D eigenvalue weighted by atomic mass is 32.1. The first-order chi connectivity index (χ1) is 10.1. The SMILES string of the molecule is Cc1nn(C)c2sc(C(=O)N3CCCCC3CCO)cc12. The highest BCUT2D eigenvalue weighted by molar-refractivity contribution is 7.20. The molecule has 0 aliphatic carbocycles. The van der Waals surface area contributed by atoms with Gasteiger partial charge in [0.1, 0.15) is 4.83 Å². The molecule has 114 valence electrons. The summed E-state index contributed by atoms with van der Waals surface area (Å²) in [6.45, 7) is 2.91. The third kappa shape index (κ3) is 2.58. The van der Waals surface area contributed by atoms with Crippen molar-refractivity contribution in [3.63, 3.8) is 0 Å². The normalized spacial score (nSPS) is 19.4. The molecule has 21 heavy (non-hydrogen) atoms. The van der Waals surface area contributed by atoms with E-state index in [4.69, 9.17) is 0 Å². The average molecular weight is 307 g/mol. The summed E-state index contributed by atoms with van der Waals surface area (Å²) in [6.07, 6.45) is 3.87. The number of thiophene rings is 1. The number of piperidine rings is 1. The van der Waals surface area contributed by atoms with E-state index in [0.717, 1.165) is 46.6 Å². The molecule has 0 aromatic carbocycles. The van der Waals surface area contributed by atoms with Gasteiger partial charge < -0.3 is 10.0 Å². The minimum atomic E-state index is 0.105. The largest absolute Gasteiger partial charge is 0.396 e. The molecule has 1 saturated heterocycles. The van der Waals surface area contributed by atoms with Gasteiger partial charge in [0.2, 0.25) is 0 Å². The summed E-state index contributed by atoms with van der Waals surface area (Å²) in [5.74, 6) is 0.105. The molecule has 0 spiro atoms. The van der Waals surface area contributed by atoms with E-state index in [1.165, 1.54) is 11.3 Å². The van der Waals surface area contributed by atoms with Gasteiger partial charge in [-0.2, -0.15) is 5.10 Å². The van der Waals surface area contributed by atoms with Crippen LogP contribution in [0.25, 0.3) is 10.2 Å². The number of fused-ring (bicyclic) bond motifs is 1. The zero-order valence-electron chi connectivity index (χ0n) is 12.5. The van der Waals surface area contributed by atoms with Crippen molar-refractivity contribution >= 4 is 27.5 Å². The van der Waals surface area contributed by atoms with Gasteiger partial charge in [-0.25, -0.2) is 0 Å². The summed E-state index contributed by atoms with van der Waals surface area (Å²) in [5.41, 5.74) is 0.966. The van der Waals surface area contributed by atoms with Crippen LogP contribution in [-0.4, -0.2) is 44.9 Å². The van der Waals surface area contributed by atoms with Crippen LogP contribution in [0.5, 0.6) is 0 Å². The third-order valence-corrected chi connectivity index (χ3v) is 5.45. The Labute approximate surface area is 128 Å². The number of aliphatic hydroxyl groups excluding tert-OH is 1. The van der Waals surface area contributed by atoms with Crippen LogP contribution in [0.3, 0.4) is 0 Å². The quantitative estimate of drug-likeness (QED) is 0.946. The van der Waals surface area contributed by atoms with Gasteiger partial charge in [0.05, 0.1) is 10.6 Å². The van der Waals surface area contributed by atoms with Gasteiger partial charge in [-0.3, -0.25) is 9.48 Å². The van der Waals surface area contributed by atoms with Crippen LogP contribution in [0, 0.1) is 6.92 Å². The van der Waals surface area contributed by atoms with E-state index in [9.17, 15) is 9.90 Å². The van der Waals surface area contributed by atoms with Crippen LogP contribution in [0.2, 0.25) is 0 Å². The molecule has 0 bridgehead atoms. The molecule has 3 heterocycles. The molecule has 1 unspecified atom stereocenters. The van der Waals surface area contributed by atoms with Gasteiger partial charge in [0, 0.05) is 31.6 Å². The topological polar surface area (TPSA) is 58.4 Å². The number of aryl methyl sites for hydroxylation is 2. The molecule has 0 radical (unpaired) electrons. The van der Waals surface area contributed by atoms with Crippen molar-refractivity contribution in [3.05, 3.63) is 16.6 Å². The molecule has 6 heteroatoms. The molecular formula is C15H21N3O2S. The lowest BCUT2D eigenvalue weighted by Gasteiger charge is -2.35. The molecule has 1 aliphatic heterocycles. The molecule has 2 aromatic heterocycles. The van der Waals surface area contributed by atoms with Crippen molar-refractivity contribution in [1.82, 2.24) is 14.7 Å². The van der Waals surface area contributed by atoms with E-state index in [1.807, 2.05) is 29.6 Å². The molecule has 3 rings (SSSR count). The van der Waals surface area contributed by atoms with E-state index in [2.05, 4.69) is 5.10 Å². The van der Waals surface area contributed by atoms with Crippen molar-refractivity contribution in [3.8, 4) is 0 Å². The number of carbonyl (C=O) groups is 1. The number of hydrogen-bond acceptors (Lipinski definition) is 4.